The van der Waals surface area contributed by atoms with Gasteiger partial charge in [0.1, 0.15) is 11.7 Å². The van der Waals surface area contributed by atoms with Crippen molar-refractivity contribution in [2.75, 3.05) is 39.5 Å². The molecule has 6 aliphatic rings. The van der Waals surface area contributed by atoms with Gasteiger partial charge in [-0.1, -0.05) is 13.0 Å². The van der Waals surface area contributed by atoms with E-state index in [2.05, 4.69) is 35.8 Å². The summed E-state index contributed by atoms with van der Waals surface area (Å²) in [5.41, 5.74) is 0.820. The Morgan fingerprint density at radius 3 is 2.65 bits per heavy atom. The lowest BCUT2D eigenvalue weighted by atomic mass is 9.55. The fraction of sp³-hybridized carbons (Fsp3) is 0.741. The fourth-order valence-electron chi connectivity index (χ4n) is 7.97. The maximum Gasteiger partial charge on any atom is 0.311 e. The number of carbonyl (C=O) groups is 1. The second-order valence-electron chi connectivity index (χ2n) is 11.8. The quantitative estimate of drug-likeness (QED) is 0.497. The molecule has 2 aliphatic carbocycles. The van der Waals surface area contributed by atoms with Crippen LogP contribution in [0.2, 0.25) is 0 Å². The molecule has 1 aromatic carbocycles. The minimum Gasteiger partial charge on any atom is -0.455 e. The maximum absolute atomic E-state index is 13.3. The third-order valence-corrected chi connectivity index (χ3v) is 9.85. The molecule has 1 aromatic rings. The van der Waals surface area contributed by atoms with Gasteiger partial charge in [0.2, 0.25) is 6.79 Å². The zero-order valence-electron chi connectivity index (χ0n) is 20.3. The zero-order chi connectivity index (χ0) is 23.1. The largest absolute Gasteiger partial charge is 0.455 e. The van der Waals surface area contributed by atoms with Crippen LogP contribution in [0, 0.1) is 23.7 Å². The Morgan fingerprint density at radius 2 is 1.79 bits per heavy atom. The number of piperazine rings is 1. The van der Waals surface area contributed by atoms with Gasteiger partial charge in [-0.15, -0.1) is 0 Å². The van der Waals surface area contributed by atoms with Crippen LogP contribution in [-0.4, -0.2) is 72.6 Å². The van der Waals surface area contributed by atoms with E-state index in [1.807, 2.05) is 6.07 Å². The lowest BCUT2D eigenvalue weighted by molar-refractivity contribution is -0.168. The summed E-state index contributed by atoms with van der Waals surface area (Å²) in [4.78, 5) is 18.3. The summed E-state index contributed by atoms with van der Waals surface area (Å²) in [5, 5.41) is 0. The van der Waals surface area contributed by atoms with Crippen LogP contribution in [0.3, 0.4) is 0 Å². The Hall–Kier alpha value is -1.83. The lowest BCUT2D eigenvalue weighted by Crippen LogP contribution is -2.58. The van der Waals surface area contributed by atoms with Crippen molar-refractivity contribution in [3.05, 3.63) is 23.8 Å². The maximum atomic E-state index is 13.3. The highest BCUT2D eigenvalue weighted by molar-refractivity contribution is 5.77. The molecule has 4 aliphatic heterocycles. The van der Waals surface area contributed by atoms with Crippen molar-refractivity contribution in [3.8, 4) is 11.5 Å². The number of epoxide rings is 1. The number of hydrogen-bond donors (Lipinski definition) is 0. The second kappa shape index (κ2) is 7.58. The normalized spacial score (nSPS) is 43.1. The van der Waals surface area contributed by atoms with E-state index in [0.29, 0.717) is 24.5 Å². The molecule has 0 radical (unpaired) electrons. The highest BCUT2D eigenvalue weighted by Crippen LogP contribution is 2.66. The molecule has 184 valence electrons. The Morgan fingerprint density at radius 1 is 1.00 bits per heavy atom. The van der Waals surface area contributed by atoms with E-state index >= 15 is 0 Å². The Bertz CT molecular complexity index is 993. The van der Waals surface area contributed by atoms with E-state index < -0.39 is 0 Å². The van der Waals surface area contributed by atoms with Crippen LogP contribution in [0.15, 0.2) is 18.2 Å². The van der Waals surface area contributed by atoms with Crippen molar-refractivity contribution >= 4 is 5.97 Å². The van der Waals surface area contributed by atoms with Gasteiger partial charge in [-0.05, 0) is 56.2 Å². The zero-order valence-corrected chi connectivity index (χ0v) is 20.3. The van der Waals surface area contributed by atoms with Gasteiger partial charge in [-0.25, -0.2) is 0 Å². The van der Waals surface area contributed by atoms with Gasteiger partial charge in [-0.2, -0.15) is 0 Å². The molecule has 7 atom stereocenters. The molecule has 0 aromatic heterocycles. The van der Waals surface area contributed by atoms with Gasteiger partial charge >= 0.3 is 5.97 Å². The molecule has 7 nitrogen and oxygen atoms in total. The average Bonchev–Trinajstić information content (AvgIpc) is 3.19. The first kappa shape index (κ1) is 21.5. The minimum absolute atomic E-state index is 0.0121. The second-order valence-corrected chi connectivity index (χ2v) is 11.8. The number of benzene rings is 1. The molecule has 0 bridgehead atoms. The van der Waals surface area contributed by atoms with Gasteiger partial charge in [0.05, 0.1) is 11.5 Å². The number of hydrogen-bond acceptors (Lipinski definition) is 7. The fourth-order valence-corrected chi connectivity index (χ4v) is 7.97. The average molecular weight is 469 g/mol. The number of nitrogens with zero attached hydrogens (tertiary/aromatic N) is 2. The van der Waals surface area contributed by atoms with Crippen molar-refractivity contribution < 1.29 is 23.7 Å². The lowest BCUT2D eigenvalue weighted by Gasteiger charge is -2.50. The Balaban J connectivity index is 1.01. The molecular weight excluding hydrogens is 432 g/mol. The molecule has 1 spiro atoms. The summed E-state index contributed by atoms with van der Waals surface area (Å²) in [6, 6.07) is 6.24. The molecule has 3 saturated heterocycles. The third-order valence-electron chi connectivity index (χ3n) is 9.85. The first-order chi connectivity index (χ1) is 16.5. The van der Waals surface area contributed by atoms with Crippen LogP contribution >= 0.6 is 0 Å². The van der Waals surface area contributed by atoms with Crippen LogP contribution in [0.4, 0.5) is 0 Å². The van der Waals surface area contributed by atoms with Crippen molar-refractivity contribution in [3.63, 3.8) is 0 Å². The van der Waals surface area contributed by atoms with E-state index in [9.17, 15) is 4.79 Å². The summed E-state index contributed by atoms with van der Waals surface area (Å²) >= 11 is 0. The Labute approximate surface area is 201 Å². The van der Waals surface area contributed by atoms with E-state index in [1.54, 1.807) is 0 Å². The molecule has 0 unspecified atom stereocenters. The van der Waals surface area contributed by atoms with Crippen LogP contribution in [0.5, 0.6) is 11.5 Å². The standard InChI is InChI=1S/C27H36N2O5/c1-17-3-5-21-19(24(30)33-27(21)20(17)7-8-26(2)25(27)34-26)15-29-11-9-28(10-12-29)14-18-4-6-22-23(13-18)32-16-31-22/h4,6,13,17,19-21,25H,3,5,7-12,14-16H2,1-2H3/t17-,19+,20-,21-,25+,26-,27-/m1/s1. The summed E-state index contributed by atoms with van der Waals surface area (Å²) in [6.45, 7) is 10.6. The summed E-state index contributed by atoms with van der Waals surface area (Å²) in [7, 11) is 0. The molecule has 0 N–H and O–H groups in total. The molecule has 2 saturated carbocycles. The van der Waals surface area contributed by atoms with Crippen molar-refractivity contribution in [1.82, 2.24) is 9.80 Å². The van der Waals surface area contributed by atoms with Gasteiger partial charge in [-0.3, -0.25) is 14.6 Å². The molecule has 5 fully saturated rings. The van der Waals surface area contributed by atoms with Crippen LogP contribution in [0.1, 0.15) is 45.1 Å². The monoisotopic (exact) mass is 468 g/mol. The van der Waals surface area contributed by atoms with Gasteiger partial charge < -0.3 is 18.9 Å². The smallest absolute Gasteiger partial charge is 0.311 e. The highest BCUT2D eigenvalue weighted by Gasteiger charge is 2.77. The molecule has 34 heavy (non-hydrogen) atoms. The van der Waals surface area contributed by atoms with Crippen molar-refractivity contribution in [2.24, 2.45) is 23.7 Å². The van der Waals surface area contributed by atoms with Gasteiger partial charge in [0, 0.05) is 51.1 Å². The number of carbonyl (C=O) groups excluding carboxylic acids is 1. The number of ether oxygens (including phenoxy) is 4. The Kier molecular flexibility index (Phi) is 4.78. The van der Waals surface area contributed by atoms with E-state index in [-0.39, 0.29) is 29.2 Å². The van der Waals surface area contributed by atoms with E-state index in [4.69, 9.17) is 18.9 Å². The topological polar surface area (TPSA) is 63.8 Å². The minimum atomic E-state index is -0.367. The molecule has 7 rings (SSSR count). The van der Waals surface area contributed by atoms with Crippen molar-refractivity contribution in [1.29, 1.82) is 0 Å². The summed E-state index contributed by atoms with van der Waals surface area (Å²) in [6.07, 6.45) is 4.64. The van der Waals surface area contributed by atoms with E-state index in [0.717, 1.165) is 70.0 Å². The highest BCUT2D eigenvalue weighted by atomic mass is 16.7. The number of rotatable bonds is 4. The molecule has 4 heterocycles. The molecule has 0 amide bonds. The summed E-state index contributed by atoms with van der Waals surface area (Å²) < 4.78 is 23.6. The van der Waals surface area contributed by atoms with Crippen LogP contribution < -0.4 is 9.47 Å². The van der Waals surface area contributed by atoms with Crippen LogP contribution in [-0.2, 0) is 20.8 Å². The number of fused-ring (bicyclic) bond motifs is 2. The van der Waals surface area contributed by atoms with Gasteiger partial charge in [0.25, 0.3) is 0 Å². The first-order valence-corrected chi connectivity index (χ1v) is 13.2. The third kappa shape index (κ3) is 3.16. The predicted octanol–water partition coefficient (Wildman–Crippen LogP) is 3.06. The molecule has 7 heteroatoms. The SMILES string of the molecule is C[C@@H]1CC[C@@H]2[C@H](CN3CCN(Cc4ccc5c(c4)OCO5)CC3)C(=O)O[C@]23[C@@H]1CC[C@@]1(C)O[C@H]31. The predicted molar refractivity (Wildman–Crippen MR) is 124 cm³/mol. The van der Waals surface area contributed by atoms with E-state index in [1.165, 1.54) is 12.0 Å². The molecular formula is C27H36N2O5. The van der Waals surface area contributed by atoms with Crippen molar-refractivity contribution in [2.45, 2.75) is 63.4 Å². The van der Waals surface area contributed by atoms with Crippen LogP contribution in [0.25, 0.3) is 0 Å². The van der Waals surface area contributed by atoms with Gasteiger partial charge in [0.15, 0.2) is 11.5 Å². The number of esters is 1. The first-order valence-electron chi connectivity index (χ1n) is 13.2. The summed E-state index contributed by atoms with van der Waals surface area (Å²) in [5.74, 6) is 3.08.